The number of nitrogens with two attached hydrogens (primary N) is 1. The Morgan fingerprint density at radius 2 is 2.05 bits per heavy atom. The first-order valence-electron chi connectivity index (χ1n) is 6.60. The number of fused-ring (bicyclic) bond motifs is 1. The molecule has 2 aliphatic heterocycles. The molecule has 0 aliphatic carbocycles. The lowest BCUT2D eigenvalue weighted by Gasteiger charge is -2.32. The summed E-state index contributed by atoms with van der Waals surface area (Å²) in [5.74, 6) is -0.468. The van der Waals surface area contributed by atoms with Crippen LogP contribution in [-0.2, 0) is 4.79 Å². The van der Waals surface area contributed by atoms with E-state index >= 15 is 0 Å². The van der Waals surface area contributed by atoms with Crippen LogP contribution in [0.2, 0.25) is 10.0 Å². The standard InChI is InChI=1S/C14H13Cl2N3O3/c15-9-1-2-10(20)12(13(9)16)7-3-8-5-18(14(17)22)6-11(21)19(8)4-7/h1-3,7,20H,4-6H2,(H2,17,22)/t7-/m0/s1. The number of urea groups is 1. The van der Waals surface area contributed by atoms with Crippen molar-refractivity contribution in [2.75, 3.05) is 19.6 Å². The molecular weight excluding hydrogens is 329 g/mol. The fraction of sp³-hybridized carbons (Fsp3) is 0.286. The molecule has 0 saturated carbocycles. The number of aromatic hydroxyl groups is 1. The number of phenolic OH excluding ortho intramolecular Hbond substituents is 1. The molecule has 0 aromatic heterocycles. The maximum atomic E-state index is 12.1. The van der Waals surface area contributed by atoms with Crippen LogP contribution < -0.4 is 5.73 Å². The molecule has 0 bridgehead atoms. The Labute approximate surface area is 136 Å². The van der Waals surface area contributed by atoms with Crippen LogP contribution in [0.3, 0.4) is 0 Å². The van der Waals surface area contributed by atoms with E-state index < -0.39 is 6.03 Å². The number of rotatable bonds is 1. The first-order valence-corrected chi connectivity index (χ1v) is 7.36. The summed E-state index contributed by atoms with van der Waals surface area (Å²) in [6, 6.07) is 2.34. The Balaban J connectivity index is 1.96. The van der Waals surface area contributed by atoms with E-state index in [0.717, 1.165) is 0 Å². The molecule has 22 heavy (non-hydrogen) atoms. The van der Waals surface area contributed by atoms with Gasteiger partial charge < -0.3 is 20.6 Å². The maximum absolute atomic E-state index is 12.1. The lowest BCUT2D eigenvalue weighted by molar-refractivity contribution is -0.131. The van der Waals surface area contributed by atoms with Crippen molar-refractivity contribution >= 4 is 35.1 Å². The van der Waals surface area contributed by atoms with Crippen molar-refractivity contribution in [2.45, 2.75) is 5.92 Å². The Morgan fingerprint density at radius 3 is 2.73 bits per heavy atom. The van der Waals surface area contributed by atoms with E-state index in [1.54, 1.807) is 4.90 Å². The Morgan fingerprint density at radius 1 is 1.32 bits per heavy atom. The molecule has 0 radical (unpaired) electrons. The Bertz CT molecular complexity index is 705. The predicted molar refractivity (Wildman–Crippen MR) is 81.8 cm³/mol. The van der Waals surface area contributed by atoms with Crippen molar-refractivity contribution in [3.05, 3.63) is 39.5 Å². The number of carbonyl (C=O) groups is 2. The van der Waals surface area contributed by atoms with Crippen LogP contribution in [0, 0.1) is 0 Å². The first-order chi connectivity index (χ1) is 10.4. The summed E-state index contributed by atoms with van der Waals surface area (Å²) in [6.07, 6.45) is 1.81. The molecule has 3 N–H and O–H groups in total. The van der Waals surface area contributed by atoms with Gasteiger partial charge in [-0.05, 0) is 12.1 Å². The smallest absolute Gasteiger partial charge is 0.315 e. The maximum Gasteiger partial charge on any atom is 0.315 e. The zero-order valence-corrected chi connectivity index (χ0v) is 12.9. The summed E-state index contributed by atoms with van der Waals surface area (Å²) in [6.45, 7) is 0.569. The van der Waals surface area contributed by atoms with Gasteiger partial charge in [-0.15, -0.1) is 0 Å². The van der Waals surface area contributed by atoms with E-state index in [4.69, 9.17) is 28.9 Å². The summed E-state index contributed by atoms with van der Waals surface area (Å²) in [5, 5.41) is 10.7. The number of hydrogen-bond donors (Lipinski definition) is 2. The van der Waals surface area contributed by atoms with E-state index in [0.29, 0.717) is 22.8 Å². The average molecular weight is 342 g/mol. The van der Waals surface area contributed by atoms with Gasteiger partial charge in [0.1, 0.15) is 12.3 Å². The largest absolute Gasteiger partial charge is 0.508 e. The topological polar surface area (TPSA) is 86.9 Å². The first kappa shape index (κ1) is 15.0. The van der Waals surface area contributed by atoms with Crippen molar-refractivity contribution in [1.29, 1.82) is 0 Å². The lowest BCUT2D eigenvalue weighted by atomic mass is 9.99. The number of hydrogen-bond acceptors (Lipinski definition) is 3. The van der Waals surface area contributed by atoms with Crippen LogP contribution in [0.5, 0.6) is 5.75 Å². The minimum atomic E-state index is -0.638. The highest BCUT2D eigenvalue weighted by atomic mass is 35.5. The van der Waals surface area contributed by atoms with Crippen molar-refractivity contribution in [2.24, 2.45) is 5.73 Å². The van der Waals surface area contributed by atoms with Crippen LogP contribution in [0.1, 0.15) is 11.5 Å². The molecule has 3 rings (SSSR count). The second-order valence-electron chi connectivity index (χ2n) is 5.26. The molecule has 3 amide bonds. The Hall–Kier alpha value is -1.92. The monoisotopic (exact) mass is 341 g/mol. The van der Waals surface area contributed by atoms with E-state index in [-0.39, 0.29) is 35.7 Å². The van der Waals surface area contributed by atoms with Crippen LogP contribution in [0.15, 0.2) is 23.9 Å². The fourth-order valence-electron chi connectivity index (χ4n) is 2.83. The molecule has 1 atom stereocenters. The molecule has 1 aromatic rings. The summed E-state index contributed by atoms with van der Waals surface area (Å²) in [4.78, 5) is 26.2. The molecule has 2 aliphatic rings. The molecule has 0 spiro atoms. The molecule has 1 saturated heterocycles. The third-order valence-electron chi connectivity index (χ3n) is 3.89. The van der Waals surface area contributed by atoms with Crippen LogP contribution in [-0.4, -0.2) is 46.5 Å². The van der Waals surface area contributed by atoms with Crippen LogP contribution in [0.25, 0.3) is 0 Å². The van der Waals surface area contributed by atoms with Gasteiger partial charge in [0.25, 0.3) is 0 Å². The van der Waals surface area contributed by atoms with Gasteiger partial charge in [0, 0.05) is 23.7 Å². The van der Waals surface area contributed by atoms with Gasteiger partial charge in [0.05, 0.1) is 16.6 Å². The van der Waals surface area contributed by atoms with Gasteiger partial charge in [0.2, 0.25) is 5.91 Å². The normalized spacial score (nSPS) is 20.9. The van der Waals surface area contributed by atoms with Crippen molar-refractivity contribution < 1.29 is 14.7 Å². The van der Waals surface area contributed by atoms with Crippen LogP contribution in [0.4, 0.5) is 4.79 Å². The van der Waals surface area contributed by atoms with Gasteiger partial charge in [-0.25, -0.2) is 4.79 Å². The molecule has 1 fully saturated rings. The highest BCUT2D eigenvalue weighted by Crippen LogP contribution is 2.42. The summed E-state index contributed by atoms with van der Waals surface area (Å²) in [7, 11) is 0. The number of nitrogens with zero attached hydrogens (tertiary/aromatic N) is 2. The van der Waals surface area contributed by atoms with Crippen molar-refractivity contribution in [3.8, 4) is 5.75 Å². The van der Waals surface area contributed by atoms with Crippen molar-refractivity contribution in [1.82, 2.24) is 9.80 Å². The molecule has 8 heteroatoms. The van der Waals surface area contributed by atoms with Gasteiger partial charge in [0.15, 0.2) is 0 Å². The number of piperazine rings is 1. The number of phenols is 1. The quantitative estimate of drug-likeness (QED) is 0.817. The van der Waals surface area contributed by atoms with Gasteiger partial charge in [-0.3, -0.25) is 4.79 Å². The lowest BCUT2D eigenvalue weighted by Crippen LogP contribution is -2.51. The number of benzene rings is 1. The highest BCUT2D eigenvalue weighted by molar-refractivity contribution is 6.42. The molecule has 2 heterocycles. The van der Waals surface area contributed by atoms with Crippen molar-refractivity contribution in [3.63, 3.8) is 0 Å². The minimum Gasteiger partial charge on any atom is -0.508 e. The van der Waals surface area contributed by atoms with Gasteiger partial charge in [-0.2, -0.15) is 0 Å². The number of primary amides is 1. The number of carbonyl (C=O) groups excluding carboxylic acids is 2. The third-order valence-corrected chi connectivity index (χ3v) is 4.71. The summed E-state index contributed by atoms with van der Waals surface area (Å²) < 4.78 is 0. The van der Waals surface area contributed by atoms with Gasteiger partial charge in [-0.1, -0.05) is 29.3 Å². The Kier molecular flexibility index (Phi) is 3.66. The molecule has 0 unspecified atom stereocenters. The minimum absolute atomic E-state index is 0.0234. The van der Waals surface area contributed by atoms with Crippen LogP contribution >= 0.6 is 23.2 Å². The molecular formula is C14H13Cl2N3O3. The number of amides is 3. The summed E-state index contributed by atoms with van der Waals surface area (Å²) >= 11 is 12.2. The summed E-state index contributed by atoms with van der Waals surface area (Å²) in [5.41, 5.74) is 6.39. The predicted octanol–water partition coefficient (Wildman–Crippen LogP) is 1.90. The van der Waals surface area contributed by atoms with E-state index in [1.807, 2.05) is 6.08 Å². The average Bonchev–Trinajstić information content (AvgIpc) is 2.87. The second kappa shape index (κ2) is 5.37. The van der Waals surface area contributed by atoms with E-state index in [1.165, 1.54) is 17.0 Å². The molecule has 1 aromatic carbocycles. The second-order valence-corrected chi connectivity index (χ2v) is 6.04. The zero-order valence-electron chi connectivity index (χ0n) is 11.4. The van der Waals surface area contributed by atoms with E-state index in [2.05, 4.69) is 0 Å². The molecule has 6 nitrogen and oxygen atoms in total. The third kappa shape index (κ3) is 2.38. The molecule has 116 valence electrons. The zero-order chi connectivity index (χ0) is 16.0. The van der Waals surface area contributed by atoms with E-state index in [9.17, 15) is 14.7 Å². The SMILES string of the molecule is NC(=O)N1CC(=O)N2C[C@@H](c3c(O)ccc(Cl)c3Cl)C=C2C1. The highest BCUT2D eigenvalue weighted by Gasteiger charge is 2.37. The van der Waals surface area contributed by atoms with Gasteiger partial charge >= 0.3 is 6.03 Å². The fourth-order valence-corrected chi connectivity index (χ4v) is 3.29. The number of halogens is 2.